The molecule has 1 aromatic carbocycles. The van der Waals surface area contributed by atoms with Crippen LogP contribution < -0.4 is 15.1 Å². The van der Waals surface area contributed by atoms with Gasteiger partial charge in [0.15, 0.2) is 0 Å². The van der Waals surface area contributed by atoms with Gasteiger partial charge < -0.3 is 15.0 Å². The van der Waals surface area contributed by atoms with Gasteiger partial charge in [0.25, 0.3) is 0 Å². The number of nitrogens with zero attached hydrogens (tertiary/aromatic N) is 5. The summed E-state index contributed by atoms with van der Waals surface area (Å²) in [6.07, 6.45) is 5.35. The van der Waals surface area contributed by atoms with Crippen molar-refractivity contribution < 1.29 is 9.53 Å². The van der Waals surface area contributed by atoms with E-state index in [4.69, 9.17) is 4.74 Å². The Kier molecular flexibility index (Phi) is 5.92. The van der Waals surface area contributed by atoms with Crippen LogP contribution in [0.1, 0.15) is 36.8 Å². The van der Waals surface area contributed by atoms with Crippen LogP contribution in [0.4, 0.5) is 16.3 Å². The fourth-order valence-corrected chi connectivity index (χ4v) is 5.78. The molecule has 5 rings (SSSR count). The Bertz CT molecular complexity index is 1080. The minimum Gasteiger partial charge on any atom is -0.378 e. The summed E-state index contributed by atoms with van der Waals surface area (Å²) >= 11 is 0. The van der Waals surface area contributed by atoms with Crippen LogP contribution in [0.3, 0.4) is 0 Å². The first-order valence-corrected chi connectivity index (χ1v) is 12.0. The Hall–Kier alpha value is -3.15. The highest BCUT2D eigenvalue weighted by atomic mass is 16.5. The SMILES string of the molecule is CN(C)[C@]1(c2ccccc2)CC[C@@]2(CC1)CN(c1cnc(N3CCOCC3)cc1C#N)C(=O)N2. The molecule has 0 radical (unpaired) electrons. The third-order valence-corrected chi connectivity index (χ3v) is 7.89. The highest BCUT2D eigenvalue weighted by molar-refractivity contribution is 5.96. The van der Waals surface area contributed by atoms with Crippen LogP contribution in [0.2, 0.25) is 0 Å². The molecule has 1 aromatic heterocycles. The van der Waals surface area contributed by atoms with Crippen LogP contribution >= 0.6 is 0 Å². The van der Waals surface area contributed by atoms with Gasteiger partial charge in [-0.3, -0.25) is 9.80 Å². The summed E-state index contributed by atoms with van der Waals surface area (Å²) in [5.41, 5.74) is 2.06. The minimum absolute atomic E-state index is 0.0379. The summed E-state index contributed by atoms with van der Waals surface area (Å²) in [7, 11) is 4.29. The third-order valence-electron chi connectivity index (χ3n) is 7.89. The molecular formula is C26H32N6O2. The molecule has 0 atom stereocenters. The van der Waals surface area contributed by atoms with E-state index in [2.05, 4.69) is 70.6 Å². The van der Waals surface area contributed by atoms with Crippen LogP contribution in [0, 0.1) is 11.3 Å². The van der Waals surface area contributed by atoms with Crippen molar-refractivity contribution in [1.82, 2.24) is 15.2 Å². The van der Waals surface area contributed by atoms with Gasteiger partial charge in [-0.1, -0.05) is 30.3 Å². The first-order chi connectivity index (χ1) is 16.5. The molecule has 2 saturated heterocycles. The molecule has 1 N–H and O–H groups in total. The Labute approximate surface area is 201 Å². The highest BCUT2D eigenvalue weighted by Crippen LogP contribution is 2.46. The first kappa shape index (κ1) is 22.6. The molecule has 2 aliphatic heterocycles. The average molecular weight is 461 g/mol. The van der Waals surface area contributed by atoms with E-state index >= 15 is 0 Å². The quantitative estimate of drug-likeness (QED) is 0.755. The van der Waals surface area contributed by atoms with Crippen molar-refractivity contribution >= 4 is 17.5 Å². The molecule has 3 fully saturated rings. The number of nitrogens with one attached hydrogen (secondary N) is 1. The molecule has 178 valence electrons. The number of pyridine rings is 1. The lowest BCUT2D eigenvalue weighted by Crippen LogP contribution is -2.54. The number of nitriles is 1. The topological polar surface area (TPSA) is 84.7 Å². The normalized spacial score (nSPS) is 27.2. The van der Waals surface area contributed by atoms with E-state index in [1.807, 2.05) is 0 Å². The lowest BCUT2D eigenvalue weighted by molar-refractivity contribution is 0.0658. The number of aromatic nitrogens is 1. The highest BCUT2D eigenvalue weighted by Gasteiger charge is 2.50. The zero-order valence-corrected chi connectivity index (χ0v) is 20.0. The van der Waals surface area contributed by atoms with E-state index in [9.17, 15) is 10.1 Å². The van der Waals surface area contributed by atoms with Crippen LogP contribution in [0.15, 0.2) is 42.6 Å². The first-order valence-electron chi connectivity index (χ1n) is 12.0. The molecule has 2 aromatic rings. The second kappa shape index (κ2) is 8.90. The summed E-state index contributed by atoms with van der Waals surface area (Å²) in [6.45, 7) is 3.36. The summed E-state index contributed by atoms with van der Waals surface area (Å²) in [5, 5.41) is 13.1. The monoisotopic (exact) mass is 460 g/mol. The van der Waals surface area contributed by atoms with Crippen molar-refractivity contribution in [3.8, 4) is 6.07 Å². The third kappa shape index (κ3) is 3.89. The van der Waals surface area contributed by atoms with Crippen molar-refractivity contribution in [2.24, 2.45) is 0 Å². The predicted molar refractivity (Wildman–Crippen MR) is 131 cm³/mol. The van der Waals surface area contributed by atoms with Crippen LogP contribution in [0.25, 0.3) is 0 Å². The molecule has 1 spiro atoms. The Morgan fingerprint density at radius 1 is 1.12 bits per heavy atom. The second-order valence-electron chi connectivity index (χ2n) is 9.86. The number of morpholine rings is 1. The maximum absolute atomic E-state index is 13.1. The number of benzene rings is 1. The Morgan fingerprint density at radius 2 is 1.82 bits per heavy atom. The van der Waals surface area contributed by atoms with E-state index in [0.29, 0.717) is 31.0 Å². The number of ether oxygens (including phenoxy) is 1. The Balaban J connectivity index is 1.36. The number of urea groups is 1. The molecule has 0 unspecified atom stereocenters. The van der Waals surface area contributed by atoms with E-state index in [0.717, 1.165) is 44.6 Å². The molecule has 34 heavy (non-hydrogen) atoms. The lowest BCUT2D eigenvalue weighted by atomic mass is 9.69. The van der Waals surface area contributed by atoms with E-state index < -0.39 is 0 Å². The minimum atomic E-state index is -0.291. The van der Waals surface area contributed by atoms with Crippen LogP contribution in [-0.4, -0.2) is 68.4 Å². The van der Waals surface area contributed by atoms with Gasteiger partial charge in [0.05, 0.1) is 42.7 Å². The van der Waals surface area contributed by atoms with E-state index in [1.165, 1.54) is 5.56 Å². The molecule has 0 bridgehead atoms. The molecule has 8 heteroatoms. The predicted octanol–water partition coefficient (Wildman–Crippen LogP) is 3.09. The summed E-state index contributed by atoms with van der Waals surface area (Å²) < 4.78 is 5.42. The molecule has 1 aliphatic carbocycles. The molecule has 8 nitrogen and oxygen atoms in total. The fourth-order valence-electron chi connectivity index (χ4n) is 5.78. The zero-order chi connectivity index (χ0) is 23.8. The van der Waals surface area contributed by atoms with Gasteiger partial charge in [0.2, 0.25) is 0 Å². The van der Waals surface area contributed by atoms with Gasteiger partial charge in [0, 0.05) is 24.7 Å². The molecule has 3 heterocycles. The smallest absolute Gasteiger partial charge is 0.322 e. The number of hydrogen-bond acceptors (Lipinski definition) is 6. The number of carbonyl (C=O) groups is 1. The summed E-state index contributed by atoms with van der Waals surface area (Å²) in [4.78, 5) is 23.9. The molecule has 3 aliphatic rings. The molecule has 2 amide bonds. The molecule has 1 saturated carbocycles. The van der Waals surface area contributed by atoms with Crippen molar-refractivity contribution in [2.45, 2.75) is 36.8 Å². The van der Waals surface area contributed by atoms with Crippen molar-refractivity contribution in [1.29, 1.82) is 5.26 Å². The van der Waals surface area contributed by atoms with Crippen molar-refractivity contribution in [3.05, 3.63) is 53.7 Å². The van der Waals surface area contributed by atoms with Gasteiger partial charge in [-0.2, -0.15) is 5.26 Å². The number of hydrogen-bond donors (Lipinski definition) is 1. The fraction of sp³-hybridized carbons (Fsp3) is 0.500. The number of rotatable bonds is 4. The zero-order valence-electron chi connectivity index (χ0n) is 20.0. The molecular weight excluding hydrogens is 428 g/mol. The number of anilines is 2. The van der Waals surface area contributed by atoms with Crippen LogP contribution in [-0.2, 0) is 10.3 Å². The van der Waals surface area contributed by atoms with E-state index in [-0.39, 0.29) is 17.1 Å². The van der Waals surface area contributed by atoms with Gasteiger partial charge >= 0.3 is 6.03 Å². The summed E-state index contributed by atoms with van der Waals surface area (Å²) in [5.74, 6) is 0.759. The largest absolute Gasteiger partial charge is 0.378 e. The average Bonchev–Trinajstić information content (AvgIpc) is 3.20. The van der Waals surface area contributed by atoms with Crippen LogP contribution in [0.5, 0.6) is 0 Å². The number of carbonyl (C=O) groups excluding carboxylic acids is 1. The van der Waals surface area contributed by atoms with Gasteiger partial charge in [-0.25, -0.2) is 9.78 Å². The Morgan fingerprint density at radius 3 is 2.47 bits per heavy atom. The standard InChI is InChI=1S/C26H32N6O2/c1-30(2)26(21-6-4-3-5-7-21)10-8-25(9-11-26)19-32(24(33)29-25)22-18-28-23(16-20(22)17-27)31-12-14-34-15-13-31/h3-7,16,18H,8-15,19H2,1-2H3,(H,29,33)/t25-,26-. The number of amides is 2. The lowest BCUT2D eigenvalue weighted by Gasteiger charge is -2.48. The van der Waals surface area contributed by atoms with Gasteiger partial charge in [-0.05, 0) is 45.3 Å². The maximum Gasteiger partial charge on any atom is 0.322 e. The van der Waals surface area contributed by atoms with E-state index in [1.54, 1.807) is 17.2 Å². The maximum atomic E-state index is 13.1. The van der Waals surface area contributed by atoms with Crippen molar-refractivity contribution in [3.63, 3.8) is 0 Å². The summed E-state index contributed by atoms with van der Waals surface area (Å²) in [6, 6.07) is 14.6. The van der Waals surface area contributed by atoms with Gasteiger partial charge in [0.1, 0.15) is 11.9 Å². The second-order valence-corrected chi connectivity index (χ2v) is 9.86. The van der Waals surface area contributed by atoms with Gasteiger partial charge in [-0.15, -0.1) is 0 Å². The van der Waals surface area contributed by atoms with Crippen molar-refractivity contribution in [2.75, 3.05) is 56.7 Å².